The second kappa shape index (κ2) is 4.43. The first-order chi connectivity index (χ1) is 10.8. The van der Waals surface area contributed by atoms with E-state index in [1.807, 2.05) is 18.2 Å². The number of nitrogens with zero attached hydrogens (tertiary/aromatic N) is 2. The van der Waals surface area contributed by atoms with Crippen molar-refractivity contribution in [2.75, 3.05) is 0 Å². The predicted molar refractivity (Wildman–Crippen MR) is 79.5 cm³/mol. The molecular formula is C17H16N2O3. The van der Waals surface area contributed by atoms with Gasteiger partial charge in [-0.3, -0.25) is 0 Å². The number of hydrogen-bond donors (Lipinski definition) is 0. The monoisotopic (exact) mass is 296 g/mol. The fourth-order valence-corrected chi connectivity index (χ4v) is 3.66. The van der Waals surface area contributed by atoms with Crippen LogP contribution in [0.4, 0.5) is 0 Å². The number of benzene rings is 1. The van der Waals surface area contributed by atoms with Gasteiger partial charge >= 0.3 is 0 Å². The minimum absolute atomic E-state index is 0.242. The van der Waals surface area contributed by atoms with Gasteiger partial charge in [0.2, 0.25) is 11.7 Å². The number of hydrogen-bond acceptors (Lipinski definition) is 5. The maximum absolute atomic E-state index is 5.86. The maximum atomic E-state index is 5.86. The molecule has 2 aliphatic rings. The molecule has 5 rings (SSSR count). The second-order valence-corrected chi connectivity index (χ2v) is 6.32. The Labute approximate surface area is 127 Å². The molecule has 2 aliphatic heterocycles. The molecule has 0 amide bonds. The summed E-state index contributed by atoms with van der Waals surface area (Å²) in [6.07, 6.45) is 3.87. The molecule has 3 aromatic rings. The highest BCUT2D eigenvalue weighted by molar-refractivity contribution is 5.82. The van der Waals surface area contributed by atoms with Crippen molar-refractivity contribution in [3.63, 3.8) is 0 Å². The number of rotatable bonds is 2. The Morgan fingerprint density at radius 2 is 2.14 bits per heavy atom. The predicted octanol–water partition coefficient (Wildman–Crippen LogP) is 3.83. The Morgan fingerprint density at radius 3 is 2.95 bits per heavy atom. The third kappa shape index (κ3) is 1.82. The fourth-order valence-electron chi connectivity index (χ4n) is 3.66. The van der Waals surface area contributed by atoms with Crippen molar-refractivity contribution >= 4 is 11.0 Å². The molecule has 2 aromatic heterocycles. The molecule has 112 valence electrons. The molecule has 2 fully saturated rings. The summed E-state index contributed by atoms with van der Waals surface area (Å²) in [5, 5.41) is 5.16. The van der Waals surface area contributed by atoms with Crippen molar-refractivity contribution in [2.24, 2.45) is 0 Å². The molecule has 0 saturated carbocycles. The highest BCUT2D eigenvalue weighted by atomic mass is 16.5. The summed E-state index contributed by atoms with van der Waals surface area (Å²) in [5.41, 5.74) is 2.04. The van der Waals surface area contributed by atoms with Gasteiger partial charge in [0, 0.05) is 5.39 Å². The zero-order valence-electron chi connectivity index (χ0n) is 12.3. The first-order valence-corrected chi connectivity index (χ1v) is 7.76. The third-order valence-corrected chi connectivity index (χ3v) is 4.76. The van der Waals surface area contributed by atoms with Crippen LogP contribution in [-0.2, 0) is 4.74 Å². The molecule has 2 bridgehead atoms. The van der Waals surface area contributed by atoms with E-state index in [0.717, 1.165) is 30.2 Å². The molecule has 22 heavy (non-hydrogen) atoms. The number of furan rings is 1. The van der Waals surface area contributed by atoms with Crippen molar-refractivity contribution in [3.05, 3.63) is 35.7 Å². The quantitative estimate of drug-likeness (QED) is 0.719. The highest BCUT2D eigenvalue weighted by Crippen LogP contribution is 2.44. The highest BCUT2D eigenvalue weighted by Gasteiger charge is 2.44. The van der Waals surface area contributed by atoms with Crippen molar-refractivity contribution in [2.45, 2.75) is 44.3 Å². The minimum atomic E-state index is 0.242. The van der Waals surface area contributed by atoms with E-state index in [2.05, 4.69) is 23.1 Å². The standard InChI is InChI=1S/C17H16N2O3/c1-9-2-4-13-10(6-9)7-15(21-13)16-18-17(22-19-16)12-8-11-3-5-14(12)20-11/h2,4,6-7,11-12,14H,3,5,8H2,1H3/t11-,12-,14+/m1/s1. The minimum Gasteiger partial charge on any atom is -0.453 e. The summed E-state index contributed by atoms with van der Waals surface area (Å²) < 4.78 is 17.2. The summed E-state index contributed by atoms with van der Waals surface area (Å²) in [6.45, 7) is 2.06. The van der Waals surface area contributed by atoms with Crippen LogP contribution < -0.4 is 0 Å². The average molecular weight is 296 g/mol. The summed E-state index contributed by atoms with van der Waals surface area (Å²) >= 11 is 0. The molecule has 0 unspecified atom stereocenters. The van der Waals surface area contributed by atoms with E-state index in [0.29, 0.717) is 23.6 Å². The van der Waals surface area contributed by atoms with E-state index >= 15 is 0 Å². The van der Waals surface area contributed by atoms with Crippen LogP contribution in [0.3, 0.4) is 0 Å². The van der Waals surface area contributed by atoms with Crippen LogP contribution in [0.2, 0.25) is 0 Å². The Bertz CT molecular complexity index is 851. The lowest BCUT2D eigenvalue weighted by molar-refractivity contribution is 0.0974. The molecule has 5 nitrogen and oxygen atoms in total. The summed E-state index contributed by atoms with van der Waals surface area (Å²) in [6, 6.07) is 8.06. The molecule has 0 aliphatic carbocycles. The van der Waals surface area contributed by atoms with Crippen molar-refractivity contribution in [1.82, 2.24) is 10.1 Å². The molecule has 4 heterocycles. The SMILES string of the molecule is Cc1ccc2oc(-c3noc([C@@H]4C[C@H]5CC[C@@H]4O5)n3)cc2c1. The van der Waals surface area contributed by atoms with Crippen LogP contribution in [0.15, 0.2) is 33.2 Å². The lowest BCUT2D eigenvalue weighted by atomic mass is 9.89. The van der Waals surface area contributed by atoms with Crippen LogP contribution in [0.25, 0.3) is 22.6 Å². The molecule has 0 radical (unpaired) electrons. The number of ether oxygens (including phenoxy) is 1. The lowest BCUT2D eigenvalue weighted by Crippen LogP contribution is -2.14. The first kappa shape index (κ1) is 12.4. The van der Waals surface area contributed by atoms with Crippen LogP contribution in [0, 0.1) is 6.92 Å². The Balaban J connectivity index is 1.50. The summed E-state index contributed by atoms with van der Waals surface area (Å²) in [5.74, 6) is 2.09. The zero-order chi connectivity index (χ0) is 14.7. The third-order valence-electron chi connectivity index (χ3n) is 4.76. The van der Waals surface area contributed by atoms with E-state index in [4.69, 9.17) is 13.7 Å². The van der Waals surface area contributed by atoms with Gasteiger partial charge in [0.15, 0.2) is 5.76 Å². The molecule has 1 aromatic carbocycles. The molecule has 2 saturated heterocycles. The van der Waals surface area contributed by atoms with Crippen LogP contribution >= 0.6 is 0 Å². The topological polar surface area (TPSA) is 61.3 Å². The van der Waals surface area contributed by atoms with Crippen LogP contribution in [0.1, 0.15) is 36.6 Å². The van der Waals surface area contributed by atoms with Gasteiger partial charge in [-0.05, 0) is 44.4 Å². The van der Waals surface area contributed by atoms with Crippen molar-refractivity contribution in [3.8, 4) is 11.6 Å². The van der Waals surface area contributed by atoms with Gasteiger partial charge in [-0.15, -0.1) is 0 Å². The van der Waals surface area contributed by atoms with Gasteiger partial charge in [0.05, 0.1) is 18.1 Å². The van der Waals surface area contributed by atoms with Crippen molar-refractivity contribution < 1.29 is 13.7 Å². The fraction of sp³-hybridized carbons (Fsp3) is 0.412. The second-order valence-electron chi connectivity index (χ2n) is 6.32. The van der Waals surface area contributed by atoms with E-state index in [1.165, 1.54) is 5.56 Å². The summed E-state index contributed by atoms with van der Waals surface area (Å²) in [4.78, 5) is 4.55. The van der Waals surface area contributed by atoms with Gasteiger partial charge in [0.25, 0.3) is 0 Å². The lowest BCUT2D eigenvalue weighted by Gasteiger charge is -2.13. The van der Waals surface area contributed by atoms with Crippen LogP contribution in [0.5, 0.6) is 0 Å². The van der Waals surface area contributed by atoms with Gasteiger partial charge in [-0.1, -0.05) is 16.8 Å². The molecule has 3 atom stereocenters. The Kier molecular flexibility index (Phi) is 2.50. The van der Waals surface area contributed by atoms with Gasteiger partial charge in [-0.25, -0.2) is 0 Å². The number of aryl methyl sites for hydroxylation is 1. The number of fused-ring (bicyclic) bond motifs is 3. The zero-order valence-corrected chi connectivity index (χ0v) is 12.3. The van der Waals surface area contributed by atoms with Gasteiger partial charge in [-0.2, -0.15) is 4.98 Å². The Hall–Kier alpha value is -2.14. The van der Waals surface area contributed by atoms with Gasteiger partial charge < -0.3 is 13.7 Å². The maximum Gasteiger partial charge on any atom is 0.238 e. The van der Waals surface area contributed by atoms with Gasteiger partial charge in [0.1, 0.15) is 5.58 Å². The summed E-state index contributed by atoms with van der Waals surface area (Å²) in [7, 11) is 0. The molecule has 0 spiro atoms. The van der Waals surface area contributed by atoms with E-state index in [9.17, 15) is 0 Å². The average Bonchev–Trinajstić information content (AvgIpc) is 3.28. The number of aromatic nitrogens is 2. The van der Waals surface area contributed by atoms with E-state index < -0.39 is 0 Å². The largest absolute Gasteiger partial charge is 0.453 e. The molecular weight excluding hydrogens is 280 g/mol. The van der Waals surface area contributed by atoms with Crippen LogP contribution in [-0.4, -0.2) is 22.3 Å². The first-order valence-electron chi connectivity index (χ1n) is 7.76. The normalized spacial score (nSPS) is 27.0. The Morgan fingerprint density at radius 1 is 1.18 bits per heavy atom. The molecule has 0 N–H and O–H groups in total. The van der Waals surface area contributed by atoms with Crippen molar-refractivity contribution in [1.29, 1.82) is 0 Å². The van der Waals surface area contributed by atoms with E-state index in [1.54, 1.807) is 0 Å². The smallest absolute Gasteiger partial charge is 0.238 e. The molecule has 5 heteroatoms. The van der Waals surface area contributed by atoms with E-state index in [-0.39, 0.29) is 12.0 Å².